The van der Waals surface area contributed by atoms with Crippen LogP contribution in [0.3, 0.4) is 0 Å². The topological polar surface area (TPSA) is 52.6 Å². The minimum absolute atomic E-state index is 0.122. The van der Waals surface area contributed by atoms with Crippen LogP contribution in [0.25, 0.3) is 0 Å². The molecule has 4 nitrogen and oxygen atoms in total. The zero-order chi connectivity index (χ0) is 12.3. The highest BCUT2D eigenvalue weighted by Crippen LogP contribution is 2.27. The number of carbonyl (C=O) groups is 1. The Labute approximate surface area is 103 Å². The Bertz CT molecular complexity index is 258. The number of hydrogen-bond donors (Lipinski definition) is 2. The van der Waals surface area contributed by atoms with Crippen molar-refractivity contribution >= 4 is 5.91 Å². The fraction of sp³-hybridized carbons (Fsp3) is 0.923. The first kappa shape index (κ1) is 12.8. The molecule has 0 aromatic heterocycles. The molecule has 1 amide bonds. The molecular formula is C13H24N2O2. The van der Waals surface area contributed by atoms with Crippen LogP contribution in [0.4, 0.5) is 0 Å². The zero-order valence-corrected chi connectivity index (χ0v) is 10.7. The molecular weight excluding hydrogens is 216 g/mol. The van der Waals surface area contributed by atoms with Crippen LogP contribution in [0.5, 0.6) is 0 Å². The fourth-order valence-electron chi connectivity index (χ4n) is 2.80. The Morgan fingerprint density at radius 1 is 1.41 bits per heavy atom. The predicted molar refractivity (Wildman–Crippen MR) is 66.6 cm³/mol. The van der Waals surface area contributed by atoms with Gasteiger partial charge in [0.25, 0.3) is 0 Å². The summed E-state index contributed by atoms with van der Waals surface area (Å²) in [5.41, 5.74) is 0. The van der Waals surface area contributed by atoms with Gasteiger partial charge in [0.15, 0.2) is 0 Å². The molecule has 0 spiro atoms. The first-order valence-electron chi connectivity index (χ1n) is 6.80. The first-order valence-corrected chi connectivity index (χ1v) is 6.80. The predicted octanol–water partition coefficient (Wildman–Crippen LogP) is 0.748. The summed E-state index contributed by atoms with van der Waals surface area (Å²) in [5, 5.41) is 12.6. The maximum absolute atomic E-state index is 12.0. The van der Waals surface area contributed by atoms with Crippen molar-refractivity contribution in [3.63, 3.8) is 0 Å². The number of aliphatic hydroxyl groups excluding tert-OH is 1. The zero-order valence-electron chi connectivity index (χ0n) is 10.7. The lowest BCUT2D eigenvalue weighted by Gasteiger charge is -2.35. The van der Waals surface area contributed by atoms with Crippen molar-refractivity contribution in [1.29, 1.82) is 0 Å². The molecule has 0 aromatic carbocycles. The van der Waals surface area contributed by atoms with Gasteiger partial charge in [0.2, 0.25) is 5.91 Å². The Morgan fingerprint density at radius 3 is 2.76 bits per heavy atom. The Kier molecular flexibility index (Phi) is 4.40. The largest absolute Gasteiger partial charge is 0.393 e. The van der Waals surface area contributed by atoms with Crippen molar-refractivity contribution in [3.8, 4) is 0 Å². The van der Waals surface area contributed by atoms with E-state index in [-0.39, 0.29) is 12.0 Å². The van der Waals surface area contributed by atoms with Crippen molar-refractivity contribution in [2.75, 3.05) is 20.1 Å². The average Bonchev–Trinajstić information content (AvgIpc) is 2.28. The normalized spacial score (nSPS) is 32.9. The van der Waals surface area contributed by atoms with Crippen molar-refractivity contribution < 1.29 is 9.90 Å². The number of rotatable bonds is 4. The lowest BCUT2D eigenvalue weighted by Crippen LogP contribution is -2.43. The van der Waals surface area contributed by atoms with Crippen LogP contribution in [-0.2, 0) is 4.79 Å². The second-order valence-electron chi connectivity index (χ2n) is 5.62. The van der Waals surface area contributed by atoms with Gasteiger partial charge < -0.3 is 15.3 Å². The van der Waals surface area contributed by atoms with Crippen LogP contribution in [0.2, 0.25) is 0 Å². The van der Waals surface area contributed by atoms with Gasteiger partial charge in [-0.3, -0.25) is 4.79 Å². The van der Waals surface area contributed by atoms with Gasteiger partial charge in [0.1, 0.15) is 0 Å². The first-order chi connectivity index (χ1) is 8.15. The third-order valence-corrected chi connectivity index (χ3v) is 4.00. The van der Waals surface area contributed by atoms with E-state index in [0.717, 1.165) is 32.4 Å². The van der Waals surface area contributed by atoms with E-state index in [1.54, 1.807) is 0 Å². The van der Waals surface area contributed by atoms with Gasteiger partial charge in [-0.25, -0.2) is 0 Å². The van der Waals surface area contributed by atoms with E-state index in [1.807, 2.05) is 11.9 Å². The summed E-state index contributed by atoms with van der Waals surface area (Å²) in [5.74, 6) is 0.754. The second-order valence-corrected chi connectivity index (χ2v) is 5.62. The van der Waals surface area contributed by atoms with Crippen LogP contribution >= 0.6 is 0 Å². The summed E-state index contributed by atoms with van der Waals surface area (Å²) in [6.07, 6.45) is 5.83. The van der Waals surface area contributed by atoms with E-state index in [4.69, 9.17) is 0 Å². The SMILES string of the molecule is CN(CC1CC(O)C1)C(=O)CC1CCCCN1. The number of piperidine rings is 1. The van der Waals surface area contributed by atoms with Crippen LogP contribution in [0.1, 0.15) is 38.5 Å². The minimum atomic E-state index is -0.122. The fourth-order valence-corrected chi connectivity index (χ4v) is 2.80. The van der Waals surface area contributed by atoms with E-state index in [1.165, 1.54) is 12.8 Å². The summed E-state index contributed by atoms with van der Waals surface area (Å²) in [6, 6.07) is 0.380. The van der Waals surface area contributed by atoms with Gasteiger partial charge >= 0.3 is 0 Å². The van der Waals surface area contributed by atoms with Gasteiger partial charge in [0.05, 0.1) is 6.10 Å². The molecule has 2 aliphatic rings. The van der Waals surface area contributed by atoms with E-state index >= 15 is 0 Å². The molecule has 0 bridgehead atoms. The summed E-state index contributed by atoms with van der Waals surface area (Å²) >= 11 is 0. The molecule has 1 saturated carbocycles. The Hall–Kier alpha value is -0.610. The number of amides is 1. The van der Waals surface area contributed by atoms with Crippen LogP contribution in [0.15, 0.2) is 0 Å². The number of aliphatic hydroxyl groups is 1. The molecule has 1 aliphatic heterocycles. The van der Waals surface area contributed by atoms with Gasteiger partial charge in [-0.1, -0.05) is 6.42 Å². The molecule has 17 heavy (non-hydrogen) atoms. The second kappa shape index (κ2) is 5.83. The highest BCUT2D eigenvalue weighted by Gasteiger charge is 2.29. The van der Waals surface area contributed by atoms with Crippen LogP contribution in [0, 0.1) is 5.92 Å². The van der Waals surface area contributed by atoms with Gasteiger partial charge in [-0.15, -0.1) is 0 Å². The van der Waals surface area contributed by atoms with E-state index in [2.05, 4.69) is 5.32 Å². The quantitative estimate of drug-likeness (QED) is 0.762. The van der Waals surface area contributed by atoms with Crippen molar-refractivity contribution in [2.24, 2.45) is 5.92 Å². The van der Waals surface area contributed by atoms with Crippen LogP contribution < -0.4 is 5.32 Å². The Morgan fingerprint density at radius 2 is 2.18 bits per heavy atom. The van der Waals surface area contributed by atoms with E-state index < -0.39 is 0 Å². The highest BCUT2D eigenvalue weighted by atomic mass is 16.3. The molecule has 0 aromatic rings. The highest BCUT2D eigenvalue weighted by molar-refractivity contribution is 5.76. The number of carbonyl (C=O) groups excluding carboxylic acids is 1. The summed E-state index contributed by atoms with van der Waals surface area (Å²) in [6.45, 7) is 1.86. The van der Waals surface area contributed by atoms with Gasteiger partial charge in [0, 0.05) is 26.1 Å². The van der Waals surface area contributed by atoms with Gasteiger partial charge in [-0.2, -0.15) is 0 Å². The smallest absolute Gasteiger partial charge is 0.223 e. The molecule has 2 N–H and O–H groups in total. The molecule has 0 radical (unpaired) electrons. The lowest BCUT2D eigenvalue weighted by atomic mass is 9.82. The van der Waals surface area contributed by atoms with E-state index in [9.17, 15) is 9.90 Å². The number of nitrogens with one attached hydrogen (secondary N) is 1. The Balaban J connectivity index is 1.67. The third kappa shape index (κ3) is 3.68. The van der Waals surface area contributed by atoms with Gasteiger partial charge in [-0.05, 0) is 38.1 Å². The molecule has 2 rings (SSSR count). The molecule has 98 valence electrons. The molecule has 1 atom stereocenters. The average molecular weight is 240 g/mol. The van der Waals surface area contributed by atoms with Crippen molar-refractivity contribution in [3.05, 3.63) is 0 Å². The summed E-state index contributed by atoms with van der Waals surface area (Å²) in [7, 11) is 1.88. The third-order valence-electron chi connectivity index (χ3n) is 4.00. The summed E-state index contributed by atoms with van der Waals surface area (Å²) < 4.78 is 0. The number of nitrogens with zero attached hydrogens (tertiary/aromatic N) is 1. The monoisotopic (exact) mass is 240 g/mol. The molecule has 4 heteroatoms. The van der Waals surface area contributed by atoms with Crippen molar-refractivity contribution in [1.82, 2.24) is 10.2 Å². The van der Waals surface area contributed by atoms with Crippen LogP contribution in [-0.4, -0.2) is 48.2 Å². The summed E-state index contributed by atoms with van der Waals surface area (Å²) in [4.78, 5) is 13.8. The lowest BCUT2D eigenvalue weighted by molar-refractivity contribution is -0.132. The van der Waals surface area contributed by atoms with E-state index in [0.29, 0.717) is 18.4 Å². The van der Waals surface area contributed by atoms with Crippen molar-refractivity contribution in [2.45, 2.75) is 50.7 Å². The maximum Gasteiger partial charge on any atom is 0.223 e. The maximum atomic E-state index is 12.0. The number of hydrogen-bond acceptors (Lipinski definition) is 3. The molecule has 1 unspecified atom stereocenters. The molecule has 1 aliphatic carbocycles. The molecule has 1 saturated heterocycles. The minimum Gasteiger partial charge on any atom is -0.393 e. The standard InChI is InChI=1S/C13H24N2O2/c1-15(9-10-6-12(16)7-10)13(17)8-11-4-2-3-5-14-11/h10-12,14,16H,2-9H2,1H3. The molecule has 2 fully saturated rings. The molecule has 1 heterocycles.